The third-order valence-corrected chi connectivity index (χ3v) is 5.05. The molecule has 5 nitrogen and oxygen atoms in total. The van der Waals surface area contributed by atoms with Crippen molar-refractivity contribution >= 4 is 12.0 Å². The van der Waals surface area contributed by atoms with E-state index in [1.54, 1.807) is 18.7 Å². The maximum atomic E-state index is 12.2. The summed E-state index contributed by atoms with van der Waals surface area (Å²) in [5.41, 5.74) is -0.771. The van der Waals surface area contributed by atoms with Gasteiger partial charge in [0.05, 0.1) is 5.41 Å². The SMILES string of the molecule is CC(C)(C(=O)O)C1CCCN(C(=O)NCC2CCC2)C1. The normalized spacial score (nSPS) is 24.1. The number of urea groups is 1. The number of carboxylic acids is 1. The highest BCUT2D eigenvalue weighted by Gasteiger charge is 2.40. The molecule has 2 rings (SSSR count). The van der Waals surface area contributed by atoms with E-state index >= 15 is 0 Å². The topological polar surface area (TPSA) is 69.6 Å². The molecule has 1 unspecified atom stereocenters. The second kappa shape index (κ2) is 6.02. The fourth-order valence-electron chi connectivity index (χ4n) is 2.97. The van der Waals surface area contributed by atoms with Crippen LogP contribution >= 0.6 is 0 Å². The lowest BCUT2D eigenvalue weighted by atomic mass is 9.74. The first-order chi connectivity index (χ1) is 9.41. The molecule has 1 aliphatic heterocycles. The molecule has 1 heterocycles. The van der Waals surface area contributed by atoms with Crippen molar-refractivity contribution in [1.29, 1.82) is 0 Å². The van der Waals surface area contributed by atoms with Gasteiger partial charge in [-0.25, -0.2) is 4.79 Å². The van der Waals surface area contributed by atoms with Gasteiger partial charge in [0, 0.05) is 19.6 Å². The van der Waals surface area contributed by atoms with Gasteiger partial charge in [-0.3, -0.25) is 4.79 Å². The van der Waals surface area contributed by atoms with Gasteiger partial charge in [-0.2, -0.15) is 0 Å². The van der Waals surface area contributed by atoms with Gasteiger partial charge in [0.2, 0.25) is 0 Å². The predicted molar refractivity (Wildman–Crippen MR) is 76.5 cm³/mol. The summed E-state index contributed by atoms with van der Waals surface area (Å²) >= 11 is 0. The molecule has 2 aliphatic rings. The Balaban J connectivity index is 1.85. The Kier molecular flexibility index (Phi) is 4.55. The van der Waals surface area contributed by atoms with E-state index in [2.05, 4.69) is 5.32 Å². The van der Waals surface area contributed by atoms with E-state index in [4.69, 9.17) is 0 Å². The van der Waals surface area contributed by atoms with Gasteiger partial charge in [0.25, 0.3) is 0 Å². The van der Waals surface area contributed by atoms with Gasteiger partial charge in [-0.1, -0.05) is 6.42 Å². The third kappa shape index (κ3) is 3.25. The maximum Gasteiger partial charge on any atom is 0.317 e. The van der Waals surface area contributed by atoms with Crippen molar-refractivity contribution in [2.24, 2.45) is 17.3 Å². The smallest absolute Gasteiger partial charge is 0.317 e. The zero-order valence-corrected chi connectivity index (χ0v) is 12.5. The van der Waals surface area contributed by atoms with Crippen molar-refractivity contribution in [2.45, 2.75) is 46.0 Å². The third-order valence-electron chi connectivity index (χ3n) is 5.05. The average Bonchev–Trinajstić information content (AvgIpc) is 2.36. The maximum absolute atomic E-state index is 12.2. The molecule has 114 valence electrons. The van der Waals surface area contributed by atoms with Crippen molar-refractivity contribution in [3.63, 3.8) is 0 Å². The number of carboxylic acid groups (broad SMARTS) is 1. The fraction of sp³-hybridized carbons (Fsp3) is 0.867. The summed E-state index contributed by atoms with van der Waals surface area (Å²) < 4.78 is 0. The minimum atomic E-state index is -0.778. The Labute approximate surface area is 120 Å². The molecule has 1 aliphatic carbocycles. The number of likely N-dealkylation sites (tertiary alicyclic amines) is 1. The molecule has 0 aromatic rings. The molecule has 1 saturated heterocycles. The lowest BCUT2D eigenvalue weighted by Crippen LogP contribution is -2.50. The zero-order chi connectivity index (χ0) is 14.8. The molecule has 0 aromatic carbocycles. The van der Waals surface area contributed by atoms with E-state index in [-0.39, 0.29) is 11.9 Å². The number of nitrogens with zero attached hydrogens (tertiary/aromatic N) is 1. The molecule has 2 amide bonds. The number of carbonyl (C=O) groups excluding carboxylic acids is 1. The van der Waals surface area contributed by atoms with Crippen LogP contribution in [0.25, 0.3) is 0 Å². The van der Waals surface area contributed by atoms with E-state index in [0.717, 1.165) is 25.9 Å². The van der Waals surface area contributed by atoms with Gasteiger partial charge in [0.15, 0.2) is 0 Å². The molecule has 1 saturated carbocycles. The second-order valence-corrected chi connectivity index (χ2v) is 6.79. The fourth-order valence-corrected chi connectivity index (χ4v) is 2.97. The predicted octanol–water partition coefficient (Wildman–Crippen LogP) is 2.32. The molecule has 2 fully saturated rings. The standard InChI is InChI=1S/C15H26N2O3/c1-15(2,13(18)19)12-7-4-8-17(10-12)14(20)16-9-11-5-3-6-11/h11-12H,3-10H2,1-2H3,(H,16,20)(H,18,19). The summed E-state index contributed by atoms with van der Waals surface area (Å²) in [7, 11) is 0. The number of rotatable bonds is 4. The molecule has 0 spiro atoms. The Hall–Kier alpha value is -1.26. The van der Waals surface area contributed by atoms with Crippen LogP contribution in [0.5, 0.6) is 0 Å². The van der Waals surface area contributed by atoms with Gasteiger partial charge >= 0.3 is 12.0 Å². The Bertz CT molecular complexity index is 377. The van der Waals surface area contributed by atoms with Crippen molar-refractivity contribution in [3.05, 3.63) is 0 Å². The highest BCUT2D eigenvalue weighted by Crippen LogP contribution is 2.34. The summed E-state index contributed by atoms with van der Waals surface area (Å²) in [6, 6.07) is -0.0252. The second-order valence-electron chi connectivity index (χ2n) is 6.79. The first-order valence-electron chi connectivity index (χ1n) is 7.67. The first kappa shape index (κ1) is 15.1. The lowest BCUT2D eigenvalue weighted by Gasteiger charge is -2.39. The summed E-state index contributed by atoms with van der Waals surface area (Å²) in [6.45, 7) is 5.58. The van der Waals surface area contributed by atoms with Gasteiger partial charge in [-0.15, -0.1) is 0 Å². The van der Waals surface area contributed by atoms with Crippen LogP contribution in [0, 0.1) is 17.3 Å². The van der Waals surface area contributed by atoms with Crippen LogP contribution in [0.3, 0.4) is 0 Å². The van der Waals surface area contributed by atoms with E-state index < -0.39 is 11.4 Å². The number of carbonyl (C=O) groups is 2. The molecule has 0 aromatic heterocycles. The van der Waals surface area contributed by atoms with E-state index in [1.807, 2.05) is 0 Å². The van der Waals surface area contributed by atoms with E-state index in [1.165, 1.54) is 19.3 Å². The minimum absolute atomic E-state index is 0.0252. The van der Waals surface area contributed by atoms with E-state index in [9.17, 15) is 14.7 Å². The number of hydrogen-bond donors (Lipinski definition) is 2. The van der Waals surface area contributed by atoms with Gasteiger partial charge in [-0.05, 0) is 51.4 Å². The number of nitrogens with one attached hydrogen (secondary N) is 1. The van der Waals surface area contributed by atoms with Crippen LogP contribution in [0.2, 0.25) is 0 Å². The molecule has 0 radical (unpaired) electrons. The van der Waals surface area contributed by atoms with Crippen LogP contribution in [-0.2, 0) is 4.79 Å². The largest absolute Gasteiger partial charge is 0.481 e. The van der Waals surface area contributed by atoms with Gasteiger partial charge < -0.3 is 15.3 Å². The number of piperidine rings is 1. The Morgan fingerprint density at radius 2 is 1.95 bits per heavy atom. The highest BCUT2D eigenvalue weighted by molar-refractivity contribution is 5.76. The molecular formula is C15H26N2O3. The van der Waals surface area contributed by atoms with Gasteiger partial charge in [0.1, 0.15) is 0 Å². The Morgan fingerprint density at radius 3 is 2.50 bits per heavy atom. The number of amides is 2. The van der Waals surface area contributed by atoms with Crippen molar-refractivity contribution in [2.75, 3.05) is 19.6 Å². The van der Waals surface area contributed by atoms with Crippen LogP contribution in [0.15, 0.2) is 0 Å². The van der Waals surface area contributed by atoms with Crippen LogP contribution < -0.4 is 5.32 Å². The van der Waals surface area contributed by atoms with Crippen molar-refractivity contribution in [1.82, 2.24) is 10.2 Å². The van der Waals surface area contributed by atoms with Crippen LogP contribution in [-0.4, -0.2) is 41.6 Å². The highest BCUT2D eigenvalue weighted by atomic mass is 16.4. The molecular weight excluding hydrogens is 256 g/mol. The summed E-state index contributed by atoms with van der Waals surface area (Å²) in [4.78, 5) is 25.3. The zero-order valence-electron chi connectivity index (χ0n) is 12.5. The molecule has 5 heteroatoms. The first-order valence-corrected chi connectivity index (χ1v) is 7.67. The lowest BCUT2D eigenvalue weighted by molar-refractivity contribution is -0.151. The molecule has 0 bridgehead atoms. The summed E-state index contributed by atoms with van der Waals surface area (Å²) in [6.07, 6.45) is 5.48. The monoisotopic (exact) mass is 282 g/mol. The van der Waals surface area contributed by atoms with Crippen molar-refractivity contribution in [3.8, 4) is 0 Å². The molecule has 2 N–H and O–H groups in total. The van der Waals surface area contributed by atoms with Crippen LogP contribution in [0.1, 0.15) is 46.0 Å². The Morgan fingerprint density at radius 1 is 1.25 bits per heavy atom. The van der Waals surface area contributed by atoms with E-state index in [0.29, 0.717) is 12.5 Å². The minimum Gasteiger partial charge on any atom is -0.481 e. The van der Waals surface area contributed by atoms with Crippen LogP contribution in [0.4, 0.5) is 4.79 Å². The molecule has 1 atom stereocenters. The number of aliphatic carboxylic acids is 1. The average molecular weight is 282 g/mol. The quantitative estimate of drug-likeness (QED) is 0.831. The summed E-state index contributed by atoms with van der Waals surface area (Å²) in [5.74, 6) is -0.0996. The molecule has 20 heavy (non-hydrogen) atoms. The van der Waals surface area contributed by atoms with Crippen molar-refractivity contribution < 1.29 is 14.7 Å². The number of hydrogen-bond acceptors (Lipinski definition) is 2. The summed E-state index contributed by atoms with van der Waals surface area (Å²) in [5, 5.41) is 12.3.